The maximum absolute atomic E-state index is 13.5. The van der Waals surface area contributed by atoms with Crippen LogP contribution in [-0.2, 0) is 10.5 Å². The maximum atomic E-state index is 13.5. The lowest BCUT2D eigenvalue weighted by molar-refractivity contribution is -0.117. The fraction of sp³-hybridized carbons (Fsp3) is 0.214. The van der Waals surface area contributed by atoms with Crippen molar-refractivity contribution in [1.82, 2.24) is 10.2 Å². The topological polar surface area (TPSA) is 92.6 Å². The van der Waals surface area contributed by atoms with Gasteiger partial charge in [-0.3, -0.25) is 14.5 Å². The minimum atomic E-state index is -0.886. The molecule has 40 heavy (non-hydrogen) atoms. The number of amides is 1. The van der Waals surface area contributed by atoms with Gasteiger partial charge in [-0.15, -0.1) is 21.5 Å². The number of anilines is 1. The molecule has 0 aliphatic carbocycles. The van der Waals surface area contributed by atoms with E-state index in [9.17, 15) is 14.7 Å². The number of rotatable bonds is 11. The number of hydrogen-bond donors (Lipinski definition) is 1. The number of ketones is 1. The van der Waals surface area contributed by atoms with Crippen LogP contribution in [-0.4, -0.2) is 33.6 Å². The molecule has 0 spiro atoms. The number of hydrogen-bond acceptors (Lipinski definition) is 9. The third kappa shape index (κ3) is 6.06. The van der Waals surface area contributed by atoms with Gasteiger partial charge in [0.25, 0.3) is 5.91 Å². The standard InChI is InChI=1S/C28H23Cl2N3O4S3/c1-2-3-12-37-19-10-7-16(8-11-19)23-22(24(34)21-5-4-13-38-21)25(35)26(36)33(23)27-31-32-28(40-27)39-15-17-6-9-18(29)14-20(17)30/h4-11,13-14,23,35H,2-3,12,15H2,1H3. The molecule has 7 nitrogen and oxygen atoms in total. The number of Topliss-reactive ketones (excluding diaryl/α,β-unsaturated/α-hetero) is 1. The molecule has 206 valence electrons. The number of halogens is 2. The van der Waals surface area contributed by atoms with E-state index in [0.717, 1.165) is 18.4 Å². The molecule has 1 N–H and O–H groups in total. The second-order valence-electron chi connectivity index (χ2n) is 8.79. The summed E-state index contributed by atoms with van der Waals surface area (Å²) in [5, 5.41) is 22.6. The molecular weight excluding hydrogens is 609 g/mol. The Balaban J connectivity index is 1.45. The highest BCUT2D eigenvalue weighted by Gasteiger charge is 2.46. The lowest BCUT2D eigenvalue weighted by atomic mass is 9.95. The highest BCUT2D eigenvalue weighted by Crippen LogP contribution is 2.44. The van der Waals surface area contributed by atoms with Crippen molar-refractivity contribution in [3.63, 3.8) is 0 Å². The zero-order valence-corrected chi connectivity index (χ0v) is 25.1. The summed E-state index contributed by atoms with van der Waals surface area (Å²) in [5.41, 5.74) is 1.52. The molecule has 4 aromatic rings. The number of aliphatic hydroxyl groups excluding tert-OH is 1. The predicted molar refractivity (Wildman–Crippen MR) is 161 cm³/mol. The average Bonchev–Trinajstić information content (AvgIpc) is 3.70. The number of thiophene rings is 1. The van der Waals surface area contributed by atoms with E-state index >= 15 is 0 Å². The Morgan fingerprint density at radius 2 is 1.95 bits per heavy atom. The number of unbranched alkanes of at least 4 members (excludes halogenated alkanes) is 1. The molecular formula is C28H23Cl2N3O4S3. The van der Waals surface area contributed by atoms with Crippen LogP contribution in [0, 0.1) is 0 Å². The quantitative estimate of drug-likeness (QED) is 0.0772. The maximum Gasteiger partial charge on any atom is 0.296 e. The fourth-order valence-corrected chi connectivity index (χ4v) is 7.21. The largest absolute Gasteiger partial charge is 0.503 e. The summed E-state index contributed by atoms with van der Waals surface area (Å²) in [6, 6.07) is 15.0. The van der Waals surface area contributed by atoms with Gasteiger partial charge in [0.15, 0.2) is 10.1 Å². The van der Waals surface area contributed by atoms with E-state index in [0.29, 0.717) is 42.9 Å². The molecule has 1 aliphatic heterocycles. The van der Waals surface area contributed by atoms with E-state index in [1.54, 1.807) is 53.9 Å². The lowest BCUT2D eigenvalue weighted by Crippen LogP contribution is -2.31. The van der Waals surface area contributed by atoms with Gasteiger partial charge in [-0.2, -0.15) is 0 Å². The first-order chi connectivity index (χ1) is 19.4. The summed E-state index contributed by atoms with van der Waals surface area (Å²) in [5.74, 6) is -0.505. The summed E-state index contributed by atoms with van der Waals surface area (Å²) >= 11 is 16.2. The van der Waals surface area contributed by atoms with Crippen LogP contribution >= 0.6 is 57.6 Å². The van der Waals surface area contributed by atoms with Crippen molar-refractivity contribution in [2.45, 2.75) is 35.9 Å². The Morgan fingerprint density at radius 1 is 1.15 bits per heavy atom. The number of ether oxygens (including phenoxy) is 1. The Morgan fingerprint density at radius 3 is 2.65 bits per heavy atom. The zero-order valence-electron chi connectivity index (χ0n) is 21.2. The number of carbonyl (C=O) groups is 2. The third-order valence-corrected chi connectivity index (χ3v) is 9.69. The Kier molecular flexibility index (Phi) is 9.12. The first-order valence-corrected chi connectivity index (χ1v) is 15.8. The van der Waals surface area contributed by atoms with Gasteiger partial charge in [-0.1, -0.05) is 83.9 Å². The summed E-state index contributed by atoms with van der Waals surface area (Å²) in [7, 11) is 0. The van der Waals surface area contributed by atoms with E-state index < -0.39 is 23.5 Å². The average molecular weight is 633 g/mol. The number of carbonyl (C=O) groups excluding carboxylic acids is 2. The molecule has 1 atom stereocenters. The smallest absolute Gasteiger partial charge is 0.296 e. The van der Waals surface area contributed by atoms with Crippen molar-refractivity contribution in [2.24, 2.45) is 0 Å². The molecule has 0 fully saturated rings. The van der Waals surface area contributed by atoms with Crippen LogP contribution in [0.25, 0.3) is 0 Å². The van der Waals surface area contributed by atoms with Crippen molar-refractivity contribution in [1.29, 1.82) is 0 Å². The van der Waals surface area contributed by atoms with E-state index in [-0.39, 0.29) is 10.7 Å². The second-order valence-corrected chi connectivity index (χ2v) is 12.8. The molecule has 2 aromatic heterocycles. The van der Waals surface area contributed by atoms with Gasteiger partial charge >= 0.3 is 0 Å². The van der Waals surface area contributed by atoms with E-state index in [1.165, 1.54) is 39.3 Å². The van der Waals surface area contributed by atoms with Crippen molar-refractivity contribution in [3.05, 3.63) is 97.4 Å². The normalized spacial score (nSPS) is 15.2. The Labute approximate surface area is 253 Å². The van der Waals surface area contributed by atoms with Gasteiger partial charge in [-0.25, -0.2) is 0 Å². The lowest BCUT2D eigenvalue weighted by Gasteiger charge is -2.24. The van der Waals surface area contributed by atoms with Crippen molar-refractivity contribution < 1.29 is 19.4 Å². The van der Waals surface area contributed by atoms with Crippen molar-refractivity contribution in [3.8, 4) is 5.75 Å². The highest BCUT2D eigenvalue weighted by molar-refractivity contribution is 8.00. The highest BCUT2D eigenvalue weighted by atomic mass is 35.5. The first-order valence-electron chi connectivity index (χ1n) is 12.3. The first kappa shape index (κ1) is 28.6. The molecule has 5 rings (SSSR count). The summed E-state index contributed by atoms with van der Waals surface area (Å²) in [4.78, 5) is 28.7. The summed E-state index contributed by atoms with van der Waals surface area (Å²) in [6.07, 6.45) is 1.95. The second kappa shape index (κ2) is 12.7. The zero-order chi connectivity index (χ0) is 28.2. The van der Waals surface area contributed by atoms with E-state index in [1.807, 2.05) is 6.07 Å². The molecule has 0 bridgehead atoms. The van der Waals surface area contributed by atoms with Crippen molar-refractivity contribution in [2.75, 3.05) is 11.5 Å². The van der Waals surface area contributed by atoms with Crippen LogP contribution in [0.1, 0.15) is 46.6 Å². The molecule has 0 saturated carbocycles. The number of aliphatic hydroxyl groups is 1. The predicted octanol–water partition coefficient (Wildman–Crippen LogP) is 8.16. The van der Waals surface area contributed by atoms with Crippen LogP contribution in [0.2, 0.25) is 10.0 Å². The number of benzene rings is 2. The van der Waals surface area contributed by atoms with Gasteiger partial charge in [0, 0.05) is 15.8 Å². The molecule has 0 saturated heterocycles. The Hall–Kier alpha value is -2.89. The molecule has 0 radical (unpaired) electrons. The number of nitrogens with zero attached hydrogens (tertiary/aromatic N) is 3. The molecule has 12 heteroatoms. The van der Waals surface area contributed by atoms with Crippen LogP contribution in [0.3, 0.4) is 0 Å². The van der Waals surface area contributed by atoms with Gasteiger partial charge in [0.2, 0.25) is 10.9 Å². The number of thioether (sulfide) groups is 1. The molecule has 1 amide bonds. The summed E-state index contributed by atoms with van der Waals surface area (Å²) < 4.78 is 6.39. The van der Waals surface area contributed by atoms with Gasteiger partial charge in [0.1, 0.15) is 5.75 Å². The van der Waals surface area contributed by atoms with Crippen LogP contribution in [0.5, 0.6) is 5.75 Å². The monoisotopic (exact) mass is 631 g/mol. The minimum Gasteiger partial charge on any atom is -0.503 e. The Bertz CT molecular complexity index is 1560. The minimum absolute atomic E-state index is 0.00412. The third-order valence-electron chi connectivity index (χ3n) is 6.13. The van der Waals surface area contributed by atoms with E-state index in [2.05, 4.69) is 17.1 Å². The molecule has 1 aliphatic rings. The molecule has 2 aromatic carbocycles. The van der Waals surface area contributed by atoms with Crippen molar-refractivity contribution >= 4 is 74.5 Å². The molecule has 3 heterocycles. The number of aromatic nitrogens is 2. The molecule has 1 unspecified atom stereocenters. The van der Waals surface area contributed by atoms with Crippen LogP contribution in [0.15, 0.2) is 75.6 Å². The van der Waals surface area contributed by atoms with Gasteiger partial charge in [0.05, 0.1) is 23.1 Å². The summed E-state index contributed by atoms with van der Waals surface area (Å²) in [6.45, 7) is 2.69. The SMILES string of the molecule is CCCCOc1ccc(C2C(C(=O)c3cccs3)=C(O)C(=O)N2c2nnc(SCc3ccc(Cl)cc3Cl)s2)cc1. The van der Waals surface area contributed by atoms with Gasteiger partial charge < -0.3 is 9.84 Å². The van der Waals surface area contributed by atoms with Crippen LogP contribution < -0.4 is 9.64 Å². The fourth-order valence-electron chi connectivity index (χ4n) is 4.11. The van der Waals surface area contributed by atoms with Gasteiger partial charge in [-0.05, 0) is 53.3 Å². The van der Waals surface area contributed by atoms with Crippen LogP contribution in [0.4, 0.5) is 5.13 Å². The van der Waals surface area contributed by atoms with E-state index in [4.69, 9.17) is 27.9 Å².